The molecule has 0 unspecified atom stereocenters. The summed E-state index contributed by atoms with van der Waals surface area (Å²) in [6, 6.07) is 19.1. The van der Waals surface area contributed by atoms with E-state index in [9.17, 15) is 0 Å². The number of aliphatic imine (C=N–C) groups is 2. The zero-order valence-electron chi connectivity index (χ0n) is 17.8. The van der Waals surface area contributed by atoms with Gasteiger partial charge in [0.05, 0.1) is 34.2 Å². The molecule has 5 rings (SSSR count). The normalized spacial score (nSPS) is 18.3. The van der Waals surface area contributed by atoms with E-state index in [4.69, 9.17) is 15.0 Å². The van der Waals surface area contributed by atoms with Gasteiger partial charge in [0.2, 0.25) is 0 Å². The molecule has 0 amide bonds. The van der Waals surface area contributed by atoms with Crippen molar-refractivity contribution in [3.05, 3.63) is 88.2 Å². The summed E-state index contributed by atoms with van der Waals surface area (Å²) in [5, 5.41) is 0. The molecule has 2 aliphatic rings. The van der Waals surface area contributed by atoms with Crippen molar-refractivity contribution in [2.24, 2.45) is 9.98 Å². The van der Waals surface area contributed by atoms with E-state index >= 15 is 0 Å². The highest BCUT2D eigenvalue weighted by molar-refractivity contribution is 6.06. The van der Waals surface area contributed by atoms with Gasteiger partial charge in [0.15, 0.2) is 0 Å². The number of pyridine rings is 1. The monoisotopic (exact) mass is 393 g/mol. The Hall–Kier alpha value is -3.07. The van der Waals surface area contributed by atoms with Crippen molar-refractivity contribution in [2.45, 2.75) is 52.4 Å². The second kappa shape index (κ2) is 7.98. The van der Waals surface area contributed by atoms with Gasteiger partial charge in [-0.25, -0.2) is 4.98 Å². The van der Waals surface area contributed by atoms with Gasteiger partial charge in [0.25, 0.3) is 0 Å². The third kappa shape index (κ3) is 3.60. The summed E-state index contributed by atoms with van der Waals surface area (Å²) in [6.07, 6.45) is 6.43. The highest BCUT2D eigenvalue weighted by Gasteiger charge is 2.24. The van der Waals surface area contributed by atoms with E-state index in [-0.39, 0.29) is 0 Å². The smallest absolute Gasteiger partial charge is 0.0884 e. The van der Waals surface area contributed by atoms with Crippen molar-refractivity contribution in [1.29, 1.82) is 0 Å². The molecule has 2 aromatic carbocycles. The second-order valence-corrected chi connectivity index (χ2v) is 8.40. The minimum atomic E-state index is 0.984. The largest absolute Gasteiger partial charge is 0.251 e. The van der Waals surface area contributed by atoms with Gasteiger partial charge in [0.1, 0.15) is 0 Å². The van der Waals surface area contributed by atoms with Gasteiger partial charge in [-0.05, 0) is 86.8 Å². The van der Waals surface area contributed by atoms with Gasteiger partial charge >= 0.3 is 0 Å². The molecule has 150 valence electrons. The number of aromatic nitrogens is 1. The van der Waals surface area contributed by atoms with Gasteiger partial charge in [-0.1, -0.05) is 42.5 Å². The molecule has 2 aliphatic carbocycles. The SMILES string of the molecule is Cc1ccccc1/N=C1\CCCc2cc3c(nc21)/C(=N/c1ccccc1C)CCC3. The molecule has 0 N–H and O–H groups in total. The maximum atomic E-state index is 5.21. The standard InChI is InChI=1S/C27H27N3/c1-18-9-3-5-13-22(18)28-24-15-7-11-20-17-21-12-8-16-25(27(21)30-26(20)24)29-23-14-6-4-10-19(23)2/h3-6,9-10,13-14,17H,7-8,11-12,15-16H2,1-2H3/b28-24+,29-25+. The summed E-state index contributed by atoms with van der Waals surface area (Å²) in [5.74, 6) is 0. The van der Waals surface area contributed by atoms with Gasteiger partial charge in [-0.2, -0.15) is 0 Å². The average Bonchev–Trinajstić information content (AvgIpc) is 2.76. The van der Waals surface area contributed by atoms with E-state index in [1.807, 2.05) is 0 Å². The summed E-state index contributed by atoms with van der Waals surface area (Å²) in [7, 11) is 0. The highest BCUT2D eigenvalue weighted by atomic mass is 14.9. The number of benzene rings is 2. The third-order valence-electron chi connectivity index (χ3n) is 6.19. The Kier molecular flexibility index (Phi) is 5.04. The maximum absolute atomic E-state index is 5.21. The Labute approximate surface area is 178 Å². The van der Waals surface area contributed by atoms with Crippen LogP contribution in [0.15, 0.2) is 64.6 Å². The first-order valence-corrected chi connectivity index (χ1v) is 11.0. The molecule has 1 aromatic heterocycles. The Morgan fingerprint density at radius 3 is 1.57 bits per heavy atom. The minimum absolute atomic E-state index is 0.984. The molecule has 0 radical (unpaired) electrons. The number of rotatable bonds is 2. The van der Waals surface area contributed by atoms with Gasteiger partial charge in [-0.15, -0.1) is 0 Å². The average molecular weight is 394 g/mol. The summed E-state index contributed by atoms with van der Waals surface area (Å²) >= 11 is 0. The Balaban J connectivity index is 1.62. The Morgan fingerprint density at radius 2 is 1.10 bits per heavy atom. The van der Waals surface area contributed by atoms with E-state index in [0.717, 1.165) is 72.7 Å². The lowest BCUT2D eigenvalue weighted by Gasteiger charge is -2.24. The van der Waals surface area contributed by atoms with E-state index in [2.05, 4.69) is 68.4 Å². The van der Waals surface area contributed by atoms with Crippen LogP contribution in [0, 0.1) is 13.8 Å². The minimum Gasteiger partial charge on any atom is -0.251 e. The van der Waals surface area contributed by atoms with Crippen molar-refractivity contribution in [1.82, 2.24) is 4.98 Å². The molecular formula is C27H27N3. The fourth-order valence-corrected chi connectivity index (χ4v) is 4.50. The van der Waals surface area contributed by atoms with Gasteiger partial charge in [0, 0.05) is 0 Å². The van der Waals surface area contributed by atoms with Crippen molar-refractivity contribution < 1.29 is 0 Å². The van der Waals surface area contributed by atoms with Crippen molar-refractivity contribution in [2.75, 3.05) is 0 Å². The molecule has 0 aliphatic heterocycles. The van der Waals surface area contributed by atoms with Gasteiger partial charge in [-0.3, -0.25) is 9.98 Å². The first-order valence-electron chi connectivity index (χ1n) is 11.0. The predicted octanol–water partition coefficient (Wildman–Crippen LogP) is 6.61. The molecule has 30 heavy (non-hydrogen) atoms. The molecule has 0 saturated carbocycles. The Bertz CT molecular complexity index is 1080. The lowest BCUT2D eigenvalue weighted by Crippen LogP contribution is -2.21. The van der Waals surface area contributed by atoms with Crippen molar-refractivity contribution in [3.8, 4) is 0 Å². The Morgan fingerprint density at radius 1 is 0.633 bits per heavy atom. The quantitative estimate of drug-likeness (QED) is 0.482. The van der Waals surface area contributed by atoms with Crippen LogP contribution in [0.5, 0.6) is 0 Å². The number of hydrogen-bond donors (Lipinski definition) is 0. The van der Waals surface area contributed by atoms with Crippen LogP contribution in [0.3, 0.4) is 0 Å². The molecule has 3 aromatic rings. The predicted molar refractivity (Wildman–Crippen MR) is 125 cm³/mol. The number of para-hydroxylation sites is 2. The van der Waals surface area contributed by atoms with Crippen LogP contribution in [-0.4, -0.2) is 16.4 Å². The van der Waals surface area contributed by atoms with Crippen molar-refractivity contribution in [3.63, 3.8) is 0 Å². The second-order valence-electron chi connectivity index (χ2n) is 8.40. The molecule has 3 nitrogen and oxygen atoms in total. The van der Waals surface area contributed by atoms with Crippen LogP contribution in [-0.2, 0) is 12.8 Å². The fourth-order valence-electron chi connectivity index (χ4n) is 4.50. The molecular weight excluding hydrogens is 366 g/mol. The number of nitrogens with zero attached hydrogens (tertiary/aromatic N) is 3. The molecule has 1 heterocycles. The molecule has 0 bridgehead atoms. The molecule has 3 heteroatoms. The zero-order valence-corrected chi connectivity index (χ0v) is 17.8. The lowest BCUT2D eigenvalue weighted by molar-refractivity contribution is 0.791. The van der Waals surface area contributed by atoms with Crippen LogP contribution in [0.1, 0.15) is 59.3 Å². The van der Waals surface area contributed by atoms with Crippen LogP contribution in [0.4, 0.5) is 11.4 Å². The zero-order chi connectivity index (χ0) is 20.5. The summed E-state index contributed by atoms with van der Waals surface area (Å²) in [5.41, 5.74) is 11.6. The van der Waals surface area contributed by atoms with Crippen LogP contribution < -0.4 is 0 Å². The van der Waals surface area contributed by atoms with Crippen molar-refractivity contribution >= 4 is 22.8 Å². The topological polar surface area (TPSA) is 37.6 Å². The number of aryl methyl sites for hydroxylation is 4. The maximum Gasteiger partial charge on any atom is 0.0884 e. The number of fused-ring (bicyclic) bond motifs is 2. The van der Waals surface area contributed by atoms with E-state index in [0.29, 0.717) is 0 Å². The van der Waals surface area contributed by atoms with E-state index < -0.39 is 0 Å². The van der Waals surface area contributed by atoms with Gasteiger partial charge < -0.3 is 0 Å². The molecule has 0 atom stereocenters. The lowest BCUT2D eigenvalue weighted by atomic mass is 9.87. The summed E-state index contributed by atoms with van der Waals surface area (Å²) < 4.78 is 0. The van der Waals surface area contributed by atoms with Crippen LogP contribution >= 0.6 is 0 Å². The first-order chi connectivity index (χ1) is 14.7. The van der Waals surface area contributed by atoms with Crippen LogP contribution in [0.2, 0.25) is 0 Å². The molecule has 0 saturated heterocycles. The summed E-state index contributed by atoms with van der Waals surface area (Å²) in [6.45, 7) is 4.24. The van der Waals surface area contributed by atoms with E-state index in [1.165, 1.54) is 22.3 Å². The number of hydrogen-bond acceptors (Lipinski definition) is 3. The van der Waals surface area contributed by atoms with Crippen LogP contribution in [0.25, 0.3) is 0 Å². The third-order valence-corrected chi connectivity index (χ3v) is 6.19. The highest BCUT2D eigenvalue weighted by Crippen LogP contribution is 2.31. The summed E-state index contributed by atoms with van der Waals surface area (Å²) in [4.78, 5) is 15.3. The molecule has 0 spiro atoms. The fraction of sp³-hybridized carbons (Fsp3) is 0.296. The first kappa shape index (κ1) is 18.9. The van der Waals surface area contributed by atoms with E-state index in [1.54, 1.807) is 0 Å². The molecule has 0 fully saturated rings.